The van der Waals surface area contributed by atoms with E-state index in [0.29, 0.717) is 0 Å². The van der Waals surface area contributed by atoms with Crippen molar-refractivity contribution in [2.24, 2.45) is 0 Å². The van der Waals surface area contributed by atoms with Crippen molar-refractivity contribution in [3.8, 4) is 0 Å². The smallest absolute Gasteiger partial charge is 0.183 e. The summed E-state index contributed by atoms with van der Waals surface area (Å²) in [6.07, 6.45) is 0. The van der Waals surface area contributed by atoms with Gasteiger partial charge in [-0.15, -0.1) is 22.7 Å². The highest BCUT2D eigenvalue weighted by molar-refractivity contribution is 7.15. The van der Waals surface area contributed by atoms with Crippen LogP contribution < -0.4 is 5.32 Å². The molecule has 0 aliphatic carbocycles. The van der Waals surface area contributed by atoms with Crippen molar-refractivity contribution in [2.75, 3.05) is 5.32 Å². The maximum absolute atomic E-state index is 4.44. The number of nitrogens with one attached hydrogen (secondary N) is 1. The SMILES string of the molecule is Cc1ccc(CNc2nc(C)c(C)s2)s1. The zero-order valence-electron chi connectivity index (χ0n) is 9.13. The van der Waals surface area contributed by atoms with Gasteiger partial charge in [-0.2, -0.15) is 0 Å². The molecule has 0 saturated heterocycles. The first-order chi connectivity index (χ1) is 7.15. The summed E-state index contributed by atoms with van der Waals surface area (Å²) in [6.45, 7) is 7.16. The van der Waals surface area contributed by atoms with Gasteiger partial charge in [0.05, 0.1) is 12.2 Å². The van der Waals surface area contributed by atoms with Crippen molar-refractivity contribution in [3.63, 3.8) is 0 Å². The van der Waals surface area contributed by atoms with E-state index in [0.717, 1.165) is 17.4 Å². The van der Waals surface area contributed by atoms with E-state index in [2.05, 4.69) is 36.3 Å². The van der Waals surface area contributed by atoms with Gasteiger partial charge < -0.3 is 5.32 Å². The zero-order chi connectivity index (χ0) is 10.8. The maximum Gasteiger partial charge on any atom is 0.183 e. The van der Waals surface area contributed by atoms with E-state index in [4.69, 9.17) is 0 Å². The topological polar surface area (TPSA) is 24.9 Å². The van der Waals surface area contributed by atoms with Gasteiger partial charge in [0.1, 0.15) is 0 Å². The summed E-state index contributed by atoms with van der Waals surface area (Å²) in [5, 5.41) is 4.38. The first-order valence-corrected chi connectivity index (χ1v) is 6.51. The third-order valence-electron chi connectivity index (χ3n) is 2.24. The molecule has 0 unspecified atom stereocenters. The summed E-state index contributed by atoms with van der Waals surface area (Å²) in [5.41, 5.74) is 1.13. The van der Waals surface area contributed by atoms with Crippen molar-refractivity contribution in [1.29, 1.82) is 0 Å². The minimum Gasteiger partial charge on any atom is -0.357 e. The Balaban J connectivity index is 1.99. The Bertz CT molecular complexity index is 437. The van der Waals surface area contributed by atoms with Crippen LogP contribution in [0.4, 0.5) is 5.13 Å². The Morgan fingerprint density at radius 3 is 2.53 bits per heavy atom. The van der Waals surface area contributed by atoms with E-state index in [1.54, 1.807) is 11.3 Å². The van der Waals surface area contributed by atoms with Crippen LogP contribution >= 0.6 is 22.7 Å². The van der Waals surface area contributed by atoms with Crippen LogP contribution in [-0.2, 0) is 6.54 Å². The number of nitrogens with zero attached hydrogens (tertiary/aromatic N) is 1. The molecule has 0 fully saturated rings. The molecule has 2 aromatic heterocycles. The fraction of sp³-hybridized carbons (Fsp3) is 0.364. The quantitative estimate of drug-likeness (QED) is 0.881. The second kappa shape index (κ2) is 4.33. The van der Waals surface area contributed by atoms with Gasteiger partial charge in [0, 0.05) is 14.6 Å². The van der Waals surface area contributed by atoms with Gasteiger partial charge in [0.2, 0.25) is 0 Å². The first-order valence-electron chi connectivity index (χ1n) is 4.88. The van der Waals surface area contributed by atoms with Gasteiger partial charge in [-0.3, -0.25) is 0 Å². The summed E-state index contributed by atoms with van der Waals surface area (Å²) < 4.78 is 0. The lowest BCUT2D eigenvalue weighted by Crippen LogP contribution is -1.96. The van der Waals surface area contributed by atoms with Crippen LogP contribution in [0.1, 0.15) is 20.3 Å². The monoisotopic (exact) mass is 238 g/mol. The average Bonchev–Trinajstić information content (AvgIpc) is 2.72. The number of thiophene rings is 1. The van der Waals surface area contributed by atoms with Crippen LogP contribution in [-0.4, -0.2) is 4.98 Å². The number of hydrogen-bond acceptors (Lipinski definition) is 4. The number of rotatable bonds is 3. The van der Waals surface area contributed by atoms with Crippen molar-refractivity contribution in [1.82, 2.24) is 4.98 Å². The maximum atomic E-state index is 4.44. The molecule has 2 rings (SSSR count). The fourth-order valence-corrected chi connectivity index (χ4v) is 2.93. The second-order valence-corrected chi connectivity index (χ2v) is 6.10. The molecule has 4 heteroatoms. The number of hydrogen-bond donors (Lipinski definition) is 1. The number of thiazole rings is 1. The Morgan fingerprint density at radius 1 is 1.20 bits per heavy atom. The van der Waals surface area contributed by atoms with E-state index >= 15 is 0 Å². The summed E-state index contributed by atoms with van der Waals surface area (Å²) in [6, 6.07) is 4.32. The van der Waals surface area contributed by atoms with E-state index < -0.39 is 0 Å². The van der Waals surface area contributed by atoms with Crippen molar-refractivity contribution in [3.05, 3.63) is 32.5 Å². The first kappa shape index (κ1) is 10.6. The number of anilines is 1. The molecule has 2 nitrogen and oxygen atoms in total. The zero-order valence-corrected chi connectivity index (χ0v) is 10.8. The normalized spacial score (nSPS) is 10.6. The molecular weight excluding hydrogens is 224 g/mol. The molecule has 15 heavy (non-hydrogen) atoms. The van der Waals surface area contributed by atoms with Gasteiger partial charge in [-0.1, -0.05) is 0 Å². The third kappa shape index (κ3) is 2.58. The minimum atomic E-state index is 0.880. The Morgan fingerprint density at radius 2 is 2.00 bits per heavy atom. The van der Waals surface area contributed by atoms with Gasteiger partial charge >= 0.3 is 0 Å². The summed E-state index contributed by atoms with van der Waals surface area (Å²) in [5.74, 6) is 0. The largest absolute Gasteiger partial charge is 0.357 e. The van der Waals surface area contributed by atoms with Crippen LogP contribution in [0.5, 0.6) is 0 Å². The van der Waals surface area contributed by atoms with E-state index in [1.165, 1.54) is 14.6 Å². The average molecular weight is 238 g/mol. The van der Waals surface area contributed by atoms with Gasteiger partial charge in [0.25, 0.3) is 0 Å². The van der Waals surface area contributed by atoms with Crippen LogP contribution in [0.2, 0.25) is 0 Å². The molecule has 0 saturated carbocycles. The van der Waals surface area contributed by atoms with Gasteiger partial charge in [-0.05, 0) is 32.9 Å². The lowest BCUT2D eigenvalue weighted by Gasteiger charge is -1.98. The molecule has 0 spiro atoms. The molecule has 1 N–H and O–H groups in total. The number of aromatic nitrogens is 1. The van der Waals surface area contributed by atoms with Crippen molar-refractivity contribution >= 4 is 27.8 Å². The van der Waals surface area contributed by atoms with Crippen LogP contribution in [0.3, 0.4) is 0 Å². The highest BCUT2D eigenvalue weighted by Gasteiger charge is 2.03. The minimum absolute atomic E-state index is 0.880. The highest BCUT2D eigenvalue weighted by atomic mass is 32.1. The summed E-state index contributed by atoms with van der Waals surface area (Å²) in [7, 11) is 0. The number of aryl methyl sites for hydroxylation is 3. The molecule has 0 aliphatic heterocycles. The van der Waals surface area contributed by atoms with Crippen LogP contribution in [0.15, 0.2) is 12.1 Å². The molecular formula is C11H14N2S2. The predicted octanol–water partition coefficient (Wildman–Crippen LogP) is 3.74. The van der Waals surface area contributed by atoms with E-state index in [1.807, 2.05) is 18.3 Å². The lowest BCUT2D eigenvalue weighted by molar-refractivity contribution is 1.14. The Kier molecular flexibility index (Phi) is 3.07. The third-order valence-corrected chi connectivity index (χ3v) is 4.27. The molecule has 0 aromatic carbocycles. The molecule has 2 heterocycles. The molecule has 0 aliphatic rings. The predicted molar refractivity (Wildman–Crippen MR) is 68.0 cm³/mol. The van der Waals surface area contributed by atoms with Crippen LogP contribution in [0.25, 0.3) is 0 Å². The molecule has 0 atom stereocenters. The van der Waals surface area contributed by atoms with Crippen molar-refractivity contribution in [2.45, 2.75) is 27.3 Å². The Hall–Kier alpha value is -0.870. The van der Waals surface area contributed by atoms with E-state index in [-0.39, 0.29) is 0 Å². The fourth-order valence-electron chi connectivity index (χ4n) is 1.29. The molecule has 0 bridgehead atoms. The van der Waals surface area contributed by atoms with Crippen molar-refractivity contribution < 1.29 is 0 Å². The molecule has 0 amide bonds. The molecule has 80 valence electrons. The van der Waals surface area contributed by atoms with Gasteiger partial charge in [-0.25, -0.2) is 4.98 Å². The molecule has 2 aromatic rings. The standard InChI is InChI=1S/C11H14N2S2/c1-7-4-5-10(14-7)6-12-11-13-8(2)9(3)15-11/h4-5H,6H2,1-3H3,(H,12,13). The summed E-state index contributed by atoms with van der Waals surface area (Å²) in [4.78, 5) is 8.45. The highest BCUT2D eigenvalue weighted by Crippen LogP contribution is 2.23. The van der Waals surface area contributed by atoms with E-state index in [9.17, 15) is 0 Å². The Labute approximate surface area is 98.0 Å². The van der Waals surface area contributed by atoms with Gasteiger partial charge in [0.15, 0.2) is 5.13 Å². The second-order valence-electron chi connectivity index (χ2n) is 3.53. The van der Waals surface area contributed by atoms with Crippen LogP contribution in [0, 0.1) is 20.8 Å². The summed E-state index contributed by atoms with van der Waals surface area (Å²) >= 11 is 3.56. The lowest BCUT2D eigenvalue weighted by atomic mass is 10.4. The molecule has 0 radical (unpaired) electrons.